The lowest BCUT2D eigenvalue weighted by atomic mass is 9.98. The predicted molar refractivity (Wildman–Crippen MR) is 134 cm³/mol. The molecule has 2 aromatic rings. The highest BCUT2D eigenvalue weighted by molar-refractivity contribution is 7.80. The second-order valence-corrected chi connectivity index (χ2v) is 9.01. The van der Waals surface area contributed by atoms with Gasteiger partial charge in [0.2, 0.25) is 0 Å². The molecular formula is C24H32N2O4S2. The van der Waals surface area contributed by atoms with Crippen LogP contribution in [0.2, 0.25) is 0 Å². The summed E-state index contributed by atoms with van der Waals surface area (Å²) in [4.78, 5) is 25.3. The molecule has 0 bridgehead atoms. The van der Waals surface area contributed by atoms with Gasteiger partial charge in [0.05, 0.1) is 24.8 Å². The summed E-state index contributed by atoms with van der Waals surface area (Å²) in [7, 11) is 0. The van der Waals surface area contributed by atoms with Gasteiger partial charge < -0.3 is 20.1 Å². The zero-order valence-electron chi connectivity index (χ0n) is 19.5. The molecule has 0 saturated heterocycles. The summed E-state index contributed by atoms with van der Waals surface area (Å²) in [5.74, 6) is -0.501. The molecule has 0 aliphatic rings. The van der Waals surface area contributed by atoms with E-state index in [0.29, 0.717) is 32.0 Å². The average Bonchev–Trinajstić information content (AvgIpc) is 3.08. The minimum atomic E-state index is -0.501. The Morgan fingerprint density at radius 2 is 1.56 bits per heavy atom. The third kappa shape index (κ3) is 6.29. The van der Waals surface area contributed by atoms with Crippen molar-refractivity contribution >= 4 is 45.6 Å². The average molecular weight is 477 g/mol. The van der Waals surface area contributed by atoms with Crippen LogP contribution < -0.4 is 10.6 Å². The molecular weight excluding hydrogens is 444 g/mol. The summed E-state index contributed by atoms with van der Waals surface area (Å²) in [6.07, 6.45) is 0.825. The van der Waals surface area contributed by atoms with Gasteiger partial charge in [-0.3, -0.25) is 0 Å². The van der Waals surface area contributed by atoms with Gasteiger partial charge in [0, 0.05) is 0 Å². The smallest absolute Gasteiger partial charge is 0.348 e. The van der Waals surface area contributed by atoms with Crippen LogP contribution in [0.5, 0.6) is 0 Å². The number of hydrogen-bond acceptors (Lipinski definition) is 6. The fourth-order valence-corrected chi connectivity index (χ4v) is 4.68. The number of anilines is 1. The monoisotopic (exact) mass is 476 g/mol. The van der Waals surface area contributed by atoms with Crippen LogP contribution in [0.4, 0.5) is 5.00 Å². The van der Waals surface area contributed by atoms with Gasteiger partial charge in [0.25, 0.3) is 0 Å². The van der Waals surface area contributed by atoms with E-state index >= 15 is 0 Å². The molecule has 174 valence electrons. The summed E-state index contributed by atoms with van der Waals surface area (Å²) >= 11 is 6.68. The zero-order valence-corrected chi connectivity index (χ0v) is 21.2. The summed E-state index contributed by atoms with van der Waals surface area (Å²) in [5.41, 5.74) is 3.23. The number of rotatable bonds is 9. The number of thiocarbonyl (C=S) groups is 1. The summed E-state index contributed by atoms with van der Waals surface area (Å²) < 4.78 is 10.3. The van der Waals surface area contributed by atoms with E-state index in [9.17, 15) is 9.59 Å². The number of ether oxygens (including phenoxy) is 2. The maximum Gasteiger partial charge on any atom is 0.348 e. The van der Waals surface area contributed by atoms with Crippen LogP contribution in [-0.4, -0.2) is 30.3 Å². The van der Waals surface area contributed by atoms with Gasteiger partial charge >= 0.3 is 11.9 Å². The van der Waals surface area contributed by atoms with Crippen molar-refractivity contribution in [2.24, 2.45) is 0 Å². The molecule has 0 spiro atoms. The molecule has 1 heterocycles. The van der Waals surface area contributed by atoms with Gasteiger partial charge in [-0.05, 0) is 62.0 Å². The van der Waals surface area contributed by atoms with E-state index in [1.165, 1.54) is 5.56 Å². The van der Waals surface area contributed by atoms with E-state index in [0.717, 1.165) is 23.3 Å². The van der Waals surface area contributed by atoms with Crippen molar-refractivity contribution < 1.29 is 19.1 Å². The van der Waals surface area contributed by atoms with Crippen molar-refractivity contribution in [1.82, 2.24) is 5.32 Å². The third-order valence-electron chi connectivity index (χ3n) is 5.03. The summed E-state index contributed by atoms with van der Waals surface area (Å²) in [6.45, 7) is 12.1. The molecule has 1 aromatic heterocycles. The Kier molecular flexibility index (Phi) is 9.65. The molecule has 32 heavy (non-hydrogen) atoms. The van der Waals surface area contributed by atoms with Crippen molar-refractivity contribution in [3.8, 4) is 0 Å². The lowest BCUT2D eigenvalue weighted by Crippen LogP contribution is -2.32. The molecule has 2 rings (SSSR count). The fraction of sp³-hybridized carbons (Fsp3) is 0.458. The van der Waals surface area contributed by atoms with Crippen LogP contribution in [0.25, 0.3) is 0 Å². The molecule has 8 heteroatoms. The number of carbonyl (C=O) groups is 2. The quantitative estimate of drug-likeness (QED) is 0.341. The maximum atomic E-state index is 12.6. The number of esters is 2. The Morgan fingerprint density at radius 1 is 1.00 bits per heavy atom. The molecule has 0 aliphatic heterocycles. The largest absolute Gasteiger partial charge is 0.462 e. The van der Waals surface area contributed by atoms with E-state index in [1.807, 2.05) is 0 Å². The lowest BCUT2D eigenvalue weighted by molar-refractivity contribution is 0.0527. The highest BCUT2D eigenvalue weighted by atomic mass is 32.1. The third-order valence-corrected chi connectivity index (χ3v) is 6.44. The molecule has 0 saturated carbocycles. The molecule has 1 atom stereocenters. The summed E-state index contributed by atoms with van der Waals surface area (Å²) in [6, 6.07) is 8.49. The van der Waals surface area contributed by atoms with Gasteiger partial charge in [-0.1, -0.05) is 45.0 Å². The Balaban J connectivity index is 2.25. The zero-order chi connectivity index (χ0) is 23.8. The Hall–Kier alpha value is -2.45. The van der Waals surface area contributed by atoms with E-state index in [-0.39, 0.29) is 19.3 Å². The number of hydrogen-bond donors (Lipinski definition) is 2. The Labute approximate surface area is 199 Å². The van der Waals surface area contributed by atoms with Crippen molar-refractivity contribution in [1.29, 1.82) is 0 Å². The minimum absolute atomic E-state index is 0.00726. The molecule has 2 N–H and O–H groups in total. The van der Waals surface area contributed by atoms with E-state index in [2.05, 4.69) is 55.7 Å². The molecule has 6 nitrogen and oxygen atoms in total. The first-order valence-corrected chi connectivity index (χ1v) is 12.1. The van der Waals surface area contributed by atoms with Crippen LogP contribution in [0.15, 0.2) is 24.3 Å². The molecule has 0 fully saturated rings. The van der Waals surface area contributed by atoms with Gasteiger partial charge in [-0.25, -0.2) is 9.59 Å². The first kappa shape index (κ1) is 25.8. The number of benzene rings is 1. The van der Waals surface area contributed by atoms with Crippen molar-refractivity contribution in [3.63, 3.8) is 0 Å². The van der Waals surface area contributed by atoms with Crippen LogP contribution in [0.1, 0.15) is 89.7 Å². The van der Waals surface area contributed by atoms with E-state index in [1.54, 1.807) is 20.8 Å². The standard InChI is InChI=1S/C24H32N2O4S2/c1-7-18(17-12-10-16(11-13-17)14(4)5)25-24(31)26-21-19(22(27)29-8-2)15(6)20(32-21)23(28)30-9-3/h10-14,18H,7-9H2,1-6H3,(H2,25,26,31). The van der Waals surface area contributed by atoms with Crippen LogP contribution in [-0.2, 0) is 9.47 Å². The molecule has 0 amide bonds. The van der Waals surface area contributed by atoms with Gasteiger partial charge in [0.1, 0.15) is 9.88 Å². The van der Waals surface area contributed by atoms with Crippen molar-refractivity contribution in [3.05, 3.63) is 51.4 Å². The summed E-state index contributed by atoms with van der Waals surface area (Å²) in [5, 5.41) is 7.25. The van der Waals surface area contributed by atoms with Crippen molar-refractivity contribution in [2.45, 2.75) is 59.9 Å². The topological polar surface area (TPSA) is 76.7 Å². The second kappa shape index (κ2) is 12.0. The van der Waals surface area contributed by atoms with E-state index < -0.39 is 11.9 Å². The maximum absolute atomic E-state index is 12.6. The van der Waals surface area contributed by atoms with Gasteiger partial charge in [-0.2, -0.15) is 0 Å². The SMILES string of the molecule is CCOC(=O)c1sc(NC(=S)NC(CC)c2ccc(C(C)C)cc2)c(C(=O)OCC)c1C. The van der Waals surface area contributed by atoms with Crippen LogP contribution in [0.3, 0.4) is 0 Å². The molecule has 0 aliphatic carbocycles. The second-order valence-electron chi connectivity index (χ2n) is 7.58. The highest BCUT2D eigenvalue weighted by Gasteiger charge is 2.27. The number of carbonyl (C=O) groups excluding carboxylic acids is 2. The number of thiophene rings is 1. The Bertz CT molecular complexity index is 952. The van der Waals surface area contributed by atoms with E-state index in [4.69, 9.17) is 21.7 Å². The number of nitrogens with one attached hydrogen (secondary N) is 2. The predicted octanol–water partition coefficient (Wildman–Crippen LogP) is 5.97. The minimum Gasteiger partial charge on any atom is -0.462 e. The normalized spacial score (nSPS) is 11.7. The molecule has 1 aromatic carbocycles. The van der Waals surface area contributed by atoms with Crippen LogP contribution in [0, 0.1) is 6.92 Å². The first-order valence-electron chi connectivity index (χ1n) is 10.9. The van der Waals surface area contributed by atoms with Gasteiger partial charge in [0.15, 0.2) is 5.11 Å². The molecule has 1 unspecified atom stereocenters. The lowest BCUT2D eigenvalue weighted by Gasteiger charge is -2.20. The fourth-order valence-electron chi connectivity index (χ4n) is 3.27. The Morgan fingerprint density at radius 3 is 2.09 bits per heavy atom. The van der Waals surface area contributed by atoms with Crippen molar-refractivity contribution in [2.75, 3.05) is 18.5 Å². The highest BCUT2D eigenvalue weighted by Crippen LogP contribution is 2.34. The van der Waals surface area contributed by atoms with Crippen LogP contribution >= 0.6 is 23.6 Å². The van der Waals surface area contributed by atoms with Gasteiger partial charge in [-0.15, -0.1) is 11.3 Å². The molecule has 0 radical (unpaired) electrons. The first-order chi connectivity index (χ1) is 15.2.